The van der Waals surface area contributed by atoms with Gasteiger partial charge in [0.25, 0.3) is 11.5 Å². The molecule has 3 aromatic heterocycles. The second kappa shape index (κ2) is 5.37. The van der Waals surface area contributed by atoms with Crippen LogP contribution in [0.15, 0.2) is 41.8 Å². The van der Waals surface area contributed by atoms with Gasteiger partial charge in [-0.05, 0) is 5.56 Å². The van der Waals surface area contributed by atoms with E-state index in [1.165, 1.54) is 4.57 Å². The lowest BCUT2D eigenvalue weighted by Crippen LogP contribution is -2.15. The highest BCUT2D eigenvalue weighted by Crippen LogP contribution is 2.49. The van der Waals surface area contributed by atoms with Crippen molar-refractivity contribution in [1.29, 1.82) is 0 Å². The van der Waals surface area contributed by atoms with E-state index in [9.17, 15) is 13.6 Å². The predicted octanol–water partition coefficient (Wildman–Crippen LogP) is 2.30. The number of hydrogen-bond acceptors (Lipinski definition) is 3. The fraction of sp³-hybridized carbons (Fsp3) is 0.353. The molecule has 3 aromatic rings. The summed E-state index contributed by atoms with van der Waals surface area (Å²) in [7, 11) is 3.48. The van der Waals surface area contributed by atoms with E-state index >= 15 is 0 Å². The van der Waals surface area contributed by atoms with Gasteiger partial charge in [0.2, 0.25) is 0 Å². The first-order valence-corrected chi connectivity index (χ1v) is 7.94. The molecule has 0 radical (unpaired) electrons. The fourth-order valence-electron chi connectivity index (χ4n) is 2.96. The van der Waals surface area contributed by atoms with Gasteiger partial charge in [0.1, 0.15) is 0 Å². The second-order valence-corrected chi connectivity index (χ2v) is 6.57. The van der Waals surface area contributed by atoms with Gasteiger partial charge in [-0.1, -0.05) is 0 Å². The Hall–Kier alpha value is -2.77. The number of pyridine rings is 1. The van der Waals surface area contributed by atoms with Crippen molar-refractivity contribution < 1.29 is 8.78 Å². The van der Waals surface area contributed by atoms with E-state index in [0.29, 0.717) is 0 Å². The van der Waals surface area contributed by atoms with Gasteiger partial charge in [-0.3, -0.25) is 14.2 Å². The first-order chi connectivity index (χ1) is 11.8. The summed E-state index contributed by atoms with van der Waals surface area (Å²) in [6.07, 6.45) is 8.55. The standard InChI is InChI=1S/C17H17F2N5O/c1-22-10-15(14(3-16(22)25)11-5-20-23(2)7-11)12-6-21-24(8-12)9-13-4-17(13,18)19/h3,5-8,10,13H,4,9H2,1-2H3. The van der Waals surface area contributed by atoms with Crippen LogP contribution in [-0.4, -0.2) is 30.1 Å². The molecule has 0 amide bonds. The Bertz CT molecular complexity index is 1000. The fourth-order valence-corrected chi connectivity index (χ4v) is 2.96. The molecule has 25 heavy (non-hydrogen) atoms. The van der Waals surface area contributed by atoms with E-state index < -0.39 is 11.8 Å². The highest BCUT2D eigenvalue weighted by Gasteiger charge is 2.56. The van der Waals surface area contributed by atoms with Crippen molar-refractivity contribution in [2.45, 2.75) is 18.9 Å². The van der Waals surface area contributed by atoms with Gasteiger partial charge in [0.15, 0.2) is 0 Å². The third-order valence-corrected chi connectivity index (χ3v) is 4.55. The Balaban J connectivity index is 1.73. The quantitative estimate of drug-likeness (QED) is 0.729. The second-order valence-electron chi connectivity index (χ2n) is 6.57. The van der Waals surface area contributed by atoms with Crippen molar-refractivity contribution >= 4 is 0 Å². The molecule has 0 bridgehead atoms. The molecule has 1 fully saturated rings. The molecule has 0 saturated heterocycles. The van der Waals surface area contributed by atoms with Crippen molar-refractivity contribution in [3.8, 4) is 22.3 Å². The molecule has 3 heterocycles. The van der Waals surface area contributed by atoms with Gasteiger partial charge >= 0.3 is 0 Å². The van der Waals surface area contributed by atoms with Gasteiger partial charge in [-0.2, -0.15) is 10.2 Å². The molecule has 0 aliphatic heterocycles. The number of aryl methyl sites for hydroxylation is 2. The topological polar surface area (TPSA) is 57.6 Å². The van der Waals surface area contributed by atoms with Gasteiger partial charge in [-0.15, -0.1) is 0 Å². The summed E-state index contributed by atoms with van der Waals surface area (Å²) in [6.45, 7) is 0.195. The summed E-state index contributed by atoms with van der Waals surface area (Å²) in [5, 5.41) is 8.36. The number of aromatic nitrogens is 5. The zero-order valence-electron chi connectivity index (χ0n) is 13.9. The monoisotopic (exact) mass is 345 g/mol. The first kappa shape index (κ1) is 15.7. The lowest BCUT2D eigenvalue weighted by atomic mass is 10.0. The van der Waals surface area contributed by atoms with Crippen LogP contribution >= 0.6 is 0 Å². The molecule has 1 aliphatic carbocycles. The molecule has 1 unspecified atom stereocenters. The number of alkyl halides is 2. The van der Waals surface area contributed by atoms with E-state index in [1.54, 1.807) is 54.3 Å². The van der Waals surface area contributed by atoms with Crippen LogP contribution in [0.4, 0.5) is 8.78 Å². The Morgan fingerprint density at radius 1 is 1.12 bits per heavy atom. The van der Waals surface area contributed by atoms with E-state index in [4.69, 9.17) is 0 Å². The lowest BCUT2D eigenvalue weighted by molar-refractivity contribution is 0.0942. The largest absolute Gasteiger partial charge is 0.318 e. The predicted molar refractivity (Wildman–Crippen MR) is 88.2 cm³/mol. The average molecular weight is 345 g/mol. The van der Waals surface area contributed by atoms with E-state index in [1.807, 2.05) is 6.20 Å². The molecular weight excluding hydrogens is 328 g/mol. The van der Waals surface area contributed by atoms with Crippen LogP contribution in [0.3, 0.4) is 0 Å². The van der Waals surface area contributed by atoms with Crippen molar-refractivity contribution in [3.05, 3.63) is 47.4 Å². The summed E-state index contributed by atoms with van der Waals surface area (Å²) in [5.41, 5.74) is 3.01. The normalized spacial score (nSPS) is 18.5. The van der Waals surface area contributed by atoms with Gasteiger partial charge in [0.05, 0.1) is 12.4 Å². The van der Waals surface area contributed by atoms with Crippen LogP contribution in [0.25, 0.3) is 22.3 Å². The van der Waals surface area contributed by atoms with Crippen molar-refractivity contribution in [2.75, 3.05) is 0 Å². The third-order valence-electron chi connectivity index (χ3n) is 4.55. The van der Waals surface area contributed by atoms with Crippen LogP contribution in [0, 0.1) is 5.92 Å². The molecule has 130 valence electrons. The SMILES string of the molecule is Cn1cc(-c2cc(=O)n(C)cc2-c2cnn(CC3CC3(F)F)c2)cn1. The van der Waals surface area contributed by atoms with Crippen molar-refractivity contribution in [1.82, 2.24) is 24.1 Å². The van der Waals surface area contributed by atoms with Crippen molar-refractivity contribution in [2.24, 2.45) is 20.0 Å². The maximum absolute atomic E-state index is 13.1. The first-order valence-electron chi connectivity index (χ1n) is 7.94. The van der Waals surface area contributed by atoms with Crippen molar-refractivity contribution in [3.63, 3.8) is 0 Å². The summed E-state index contributed by atoms with van der Waals surface area (Å²) < 4.78 is 30.9. The van der Waals surface area contributed by atoms with Gasteiger partial charge < -0.3 is 4.57 Å². The van der Waals surface area contributed by atoms with E-state index in [2.05, 4.69) is 10.2 Å². The minimum absolute atomic E-state index is 0.0804. The molecule has 4 rings (SSSR count). The average Bonchev–Trinajstić information content (AvgIpc) is 2.95. The highest BCUT2D eigenvalue weighted by atomic mass is 19.3. The number of nitrogens with zero attached hydrogens (tertiary/aromatic N) is 5. The minimum Gasteiger partial charge on any atom is -0.318 e. The lowest BCUT2D eigenvalue weighted by Gasteiger charge is -2.08. The maximum Gasteiger partial charge on any atom is 0.253 e. The maximum atomic E-state index is 13.1. The molecule has 0 aromatic carbocycles. The van der Waals surface area contributed by atoms with Gasteiger partial charge in [0, 0.05) is 74.3 Å². The Morgan fingerprint density at radius 2 is 1.80 bits per heavy atom. The summed E-state index contributed by atoms with van der Waals surface area (Å²) in [4.78, 5) is 12.1. The molecule has 6 nitrogen and oxygen atoms in total. The Morgan fingerprint density at radius 3 is 2.44 bits per heavy atom. The molecule has 0 N–H and O–H groups in total. The smallest absolute Gasteiger partial charge is 0.253 e. The third kappa shape index (κ3) is 2.88. The minimum atomic E-state index is -2.57. The summed E-state index contributed by atoms with van der Waals surface area (Å²) in [6, 6.07) is 1.55. The van der Waals surface area contributed by atoms with Crippen LogP contribution < -0.4 is 5.56 Å². The highest BCUT2D eigenvalue weighted by molar-refractivity contribution is 5.81. The molecule has 8 heteroatoms. The summed E-state index contributed by atoms with van der Waals surface area (Å²) in [5.74, 6) is -3.21. The van der Waals surface area contributed by atoms with Crippen LogP contribution in [-0.2, 0) is 20.6 Å². The Labute approximate surface area is 142 Å². The van der Waals surface area contributed by atoms with E-state index in [0.717, 1.165) is 22.3 Å². The molecule has 1 atom stereocenters. The zero-order valence-corrected chi connectivity index (χ0v) is 13.9. The van der Waals surface area contributed by atoms with Crippen LogP contribution in [0.5, 0.6) is 0 Å². The van der Waals surface area contributed by atoms with E-state index in [-0.39, 0.29) is 18.5 Å². The number of halogens is 2. The Kier molecular flexibility index (Phi) is 3.38. The number of hydrogen-bond donors (Lipinski definition) is 0. The number of rotatable bonds is 4. The van der Waals surface area contributed by atoms with Crippen LogP contribution in [0.2, 0.25) is 0 Å². The molecule has 1 aliphatic rings. The summed E-state index contributed by atoms with van der Waals surface area (Å²) >= 11 is 0. The molecule has 0 spiro atoms. The van der Waals surface area contributed by atoms with Gasteiger partial charge in [-0.25, -0.2) is 8.78 Å². The zero-order chi connectivity index (χ0) is 17.8. The van der Waals surface area contributed by atoms with Crippen LogP contribution in [0.1, 0.15) is 6.42 Å². The molecule has 1 saturated carbocycles. The molecular formula is C17H17F2N5O.